The molecule has 1 aromatic heterocycles. The number of hydrogen-bond acceptors (Lipinski definition) is 5. The molecule has 0 saturated carbocycles. The van der Waals surface area contributed by atoms with Crippen LogP contribution in [0.5, 0.6) is 5.75 Å². The standard InChI is InChI=1S/C24H33N3O3/c1-16(2)15-29-23(28)22-18-13-24(3,4)11-9-19(18)26-27(22)20-7-5-6-8-21(20)30-17-10-12-25-14-17/h5-8,16-17,25H,9-15H2,1-4H3. The third-order valence-corrected chi connectivity index (χ3v) is 5.90. The molecule has 0 bridgehead atoms. The Morgan fingerprint density at radius 1 is 1.33 bits per heavy atom. The molecule has 30 heavy (non-hydrogen) atoms. The Kier molecular flexibility index (Phi) is 5.87. The van der Waals surface area contributed by atoms with E-state index < -0.39 is 0 Å². The fourth-order valence-electron chi connectivity index (χ4n) is 4.24. The van der Waals surface area contributed by atoms with Gasteiger partial charge in [-0.15, -0.1) is 0 Å². The zero-order valence-corrected chi connectivity index (χ0v) is 18.5. The molecule has 6 nitrogen and oxygen atoms in total. The predicted octanol–water partition coefficient (Wildman–Crippen LogP) is 3.94. The van der Waals surface area contributed by atoms with Crippen LogP contribution in [0.1, 0.15) is 62.3 Å². The molecule has 1 fully saturated rings. The number of para-hydroxylation sites is 2. The van der Waals surface area contributed by atoms with Crippen molar-refractivity contribution in [2.45, 2.75) is 59.5 Å². The van der Waals surface area contributed by atoms with Crippen LogP contribution in [0, 0.1) is 11.3 Å². The quantitative estimate of drug-likeness (QED) is 0.730. The van der Waals surface area contributed by atoms with Crippen LogP contribution in [-0.2, 0) is 17.6 Å². The van der Waals surface area contributed by atoms with Gasteiger partial charge in [-0.3, -0.25) is 0 Å². The smallest absolute Gasteiger partial charge is 0.357 e. The number of aryl methyl sites for hydroxylation is 1. The van der Waals surface area contributed by atoms with Crippen LogP contribution < -0.4 is 10.1 Å². The van der Waals surface area contributed by atoms with Gasteiger partial charge in [0, 0.05) is 12.1 Å². The zero-order valence-electron chi connectivity index (χ0n) is 18.5. The molecule has 0 radical (unpaired) electrons. The first-order valence-corrected chi connectivity index (χ1v) is 11.1. The molecule has 2 heterocycles. The minimum Gasteiger partial charge on any atom is -0.487 e. The van der Waals surface area contributed by atoms with Gasteiger partial charge in [0.15, 0.2) is 5.69 Å². The van der Waals surface area contributed by atoms with Gasteiger partial charge in [-0.1, -0.05) is 39.8 Å². The lowest BCUT2D eigenvalue weighted by atomic mass is 9.76. The predicted molar refractivity (Wildman–Crippen MR) is 116 cm³/mol. The largest absolute Gasteiger partial charge is 0.487 e. The first-order chi connectivity index (χ1) is 14.3. The van der Waals surface area contributed by atoms with Crippen LogP contribution in [0.2, 0.25) is 0 Å². The van der Waals surface area contributed by atoms with Crippen molar-refractivity contribution in [1.29, 1.82) is 0 Å². The van der Waals surface area contributed by atoms with Gasteiger partial charge in [-0.25, -0.2) is 9.48 Å². The van der Waals surface area contributed by atoms with E-state index in [1.54, 1.807) is 4.68 Å². The van der Waals surface area contributed by atoms with Crippen LogP contribution in [-0.4, -0.2) is 41.6 Å². The molecule has 1 aliphatic heterocycles. The van der Waals surface area contributed by atoms with E-state index in [0.29, 0.717) is 12.3 Å². The third-order valence-electron chi connectivity index (χ3n) is 5.90. The van der Waals surface area contributed by atoms with Gasteiger partial charge in [0.05, 0.1) is 12.3 Å². The third kappa shape index (κ3) is 4.38. The molecule has 6 heteroatoms. The summed E-state index contributed by atoms with van der Waals surface area (Å²) in [4.78, 5) is 13.2. The number of carbonyl (C=O) groups is 1. The van der Waals surface area contributed by atoms with Gasteiger partial charge >= 0.3 is 5.97 Å². The maximum absolute atomic E-state index is 13.2. The van der Waals surface area contributed by atoms with Gasteiger partial charge in [-0.05, 0) is 55.7 Å². The molecule has 1 N–H and O–H groups in total. The van der Waals surface area contributed by atoms with E-state index in [0.717, 1.165) is 61.5 Å². The summed E-state index contributed by atoms with van der Waals surface area (Å²) in [6, 6.07) is 7.86. The molecule has 2 aliphatic rings. The van der Waals surface area contributed by atoms with Crippen molar-refractivity contribution in [3.63, 3.8) is 0 Å². The lowest BCUT2D eigenvalue weighted by molar-refractivity contribution is 0.0446. The highest BCUT2D eigenvalue weighted by atomic mass is 16.5. The summed E-state index contributed by atoms with van der Waals surface area (Å²) in [6.45, 7) is 10.8. The number of carbonyl (C=O) groups excluding carboxylic acids is 1. The number of esters is 1. The molecule has 1 atom stereocenters. The maximum atomic E-state index is 13.2. The van der Waals surface area contributed by atoms with Crippen LogP contribution >= 0.6 is 0 Å². The average molecular weight is 412 g/mol. The first kappa shape index (κ1) is 20.9. The van der Waals surface area contributed by atoms with Crippen molar-refractivity contribution in [3.05, 3.63) is 41.2 Å². The zero-order chi connectivity index (χ0) is 21.3. The van der Waals surface area contributed by atoms with Crippen molar-refractivity contribution in [3.8, 4) is 11.4 Å². The minimum absolute atomic E-state index is 0.131. The Hall–Kier alpha value is -2.34. The van der Waals surface area contributed by atoms with Gasteiger partial charge in [0.25, 0.3) is 0 Å². The van der Waals surface area contributed by atoms with E-state index in [1.807, 2.05) is 38.1 Å². The number of hydrogen-bond donors (Lipinski definition) is 1. The SMILES string of the molecule is CC(C)COC(=O)c1c2c(nn1-c1ccccc1OC1CCNC1)CCC(C)(C)C2. The molecule has 162 valence electrons. The average Bonchev–Trinajstić information content (AvgIpc) is 3.33. The first-order valence-electron chi connectivity index (χ1n) is 11.1. The lowest BCUT2D eigenvalue weighted by Gasteiger charge is -2.28. The van der Waals surface area contributed by atoms with E-state index in [2.05, 4.69) is 19.2 Å². The van der Waals surface area contributed by atoms with Crippen molar-refractivity contribution < 1.29 is 14.3 Å². The number of fused-ring (bicyclic) bond motifs is 1. The summed E-state index contributed by atoms with van der Waals surface area (Å²) in [6.07, 6.45) is 3.86. The van der Waals surface area contributed by atoms with Gasteiger partial charge in [0.2, 0.25) is 0 Å². The highest BCUT2D eigenvalue weighted by Gasteiger charge is 2.34. The van der Waals surface area contributed by atoms with Gasteiger partial charge in [0.1, 0.15) is 17.5 Å². The summed E-state index contributed by atoms with van der Waals surface area (Å²) >= 11 is 0. The number of nitrogens with one attached hydrogen (secondary N) is 1. The normalized spacial score (nSPS) is 20.2. The molecule has 2 aromatic rings. The molecule has 0 amide bonds. The van der Waals surface area contributed by atoms with Crippen LogP contribution in [0.3, 0.4) is 0 Å². The second-order valence-electron chi connectivity index (χ2n) is 9.72. The van der Waals surface area contributed by atoms with Crippen molar-refractivity contribution in [2.75, 3.05) is 19.7 Å². The molecule has 4 rings (SSSR count). The Bertz CT molecular complexity index is 910. The summed E-state index contributed by atoms with van der Waals surface area (Å²) < 4.78 is 13.7. The monoisotopic (exact) mass is 411 g/mol. The summed E-state index contributed by atoms with van der Waals surface area (Å²) in [7, 11) is 0. The van der Waals surface area contributed by atoms with E-state index in [4.69, 9.17) is 14.6 Å². The molecule has 1 unspecified atom stereocenters. The van der Waals surface area contributed by atoms with E-state index in [1.165, 1.54) is 0 Å². The lowest BCUT2D eigenvalue weighted by Crippen LogP contribution is -2.24. The van der Waals surface area contributed by atoms with Gasteiger partial charge in [-0.2, -0.15) is 5.10 Å². The number of benzene rings is 1. The highest BCUT2D eigenvalue weighted by Crippen LogP contribution is 2.38. The van der Waals surface area contributed by atoms with E-state index in [9.17, 15) is 4.79 Å². The molecule has 1 saturated heterocycles. The molecule has 1 aromatic carbocycles. The fourth-order valence-corrected chi connectivity index (χ4v) is 4.24. The fraction of sp³-hybridized carbons (Fsp3) is 0.583. The second kappa shape index (κ2) is 8.42. The molecular weight excluding hydrogens is 378 g/mol. The Morgan fingerprint density at radius 2 is 2.13 bits per heavy atom. The number of aromatic nitrogens is 2. The maximum Gasteiger partial charge on any atom is 0.357 e. The van der Waals surface area contributed by atoms with Crippen molar-refractivity contribution >= 4 is 5.97 Å². The number of rotatable bonds is 6. The van der Waals surface area contributed by atoms with Crippen LogP contribution in [0.25, 0.3) is 5.69 Å². The Balaban J connectivity index is 1.76. The minimum atomic E-state index is -0.299. The van der Waals surface area contributed by atoms with E-state index >= 15 is 0 Å². The number of nitrogens with zero attached hydrogens (tertiary/aromatic N) is 2. The second-order valence-corrected chi connectivity index (χ2v) is 9.72. The van der Waals surface area contributed by atoms with Crippen LogP contribution in [0.4, 0.5) is 0 Å². The molecule has 0 spiro atoms. The van der Waals surface area contributed by atoms with Gasteiger partial charge < -0.3 is 14.8 Å². The highest BCUT2D eigenvalue weighted by molar-refractivity contribution is 5.90. The number of ether oxygens (including phenoxy) is 2. The van der Waals surface area contributed by atoms with E-state index in [-0.39, 0.29) is 23.4 Å². The van der Waals surface area contributed by atoms with Crippen molar-refractivity contribution in [2.24, 2.45) is 11.3 Å². The van der Waals surface area contributed by atoms with Crippen molar-refractivity contribution in [1.82, 2.24) is 15.1 Å². The van der Waals surface area contributed by atoms with Crippen LogP contribution in [0.15, 0.2) is 24.3 Å². The Morgan fingerprint density at radius 3 is 2.87 bits per heavy atom. The summed E-state index contributed by atoms with van der Waals surface area (Å²) in [5, 5.41) is 8.23. The topological polar surface area (TPSA) is 65.4 Å². The molecule has 1 aliphatic carbocycles. The summed E-state index contributed by atoms with van der Waals surface area (Å²) in [5.74, 6) is 0.735. The molecular formula is C24H33N3O3. The Labute approximate surface area is 178 Å². The summed E-state index contributed by atoms with van der Waals surface area (Å²) in [5.41, 5.74) is 3.52.